The van der Waals surface area contributed by atoms with Crippen molar-refractivity contribution in [2.45, 2.75) is 27.3 Å². The lowest BCUT2D eigenvalue weighted by Gasteiger charge is -2.26. The van der Waals surface area contributed by atoms with E-state index in [9.17, 15) is 0 Å². The van der Waals surface area contributed by atoms with Gasteiger partial charge in [0.05, 0.1) is 0 Å². The van der Waals surface area contributed by atoms with Crippen LogP contribution in [0.1, 0.15) is 25.0 Å². The summed E-state index contributed by atoms with van der Waals surface area (Å²) in [6.07, 6.45) is 0. The van der Waals surface area contributed by atoms with Crippen molar-refractivity contribution in [3.05, 3.63) is 29.3 Å². The third kappa shape index (κ3) is 5.62. The average Bonchev–Trinajstić information content (AvgIpc) is 2.31. The third-order valence-electron chi connectivity index (χ3n) is 3.37. The molecule has 0 amide bonds. The number of likely N-dealkylation sites (N-methyl/N-ethyl adjacent to an activating group) is 1. The Morgan fingerprint density at radius 2 is 1.84 bits per heavy atom. The Balaban J connectivity index is 2.72. The fourth-order valence-corrected chi connectivity index (χ4v) is 2.21. The molecule has 0 aliphatic carbocycles. The van der Waals surface area contributed by atoms with Crippen LogP contribution in [-0.4, -0.2) is 43.5 Å². The molecule has 0 atom stereocenters. The molecule has 0 saturated heterocycles. The maximum absolute atomic E-state index is 5.99. The highest BCUT2D eigenvalue weighted by atomic mass is 15.2. The monoisotopic (exact) mass is 263 g/mol. The van der Waals surface area contributed by atoms with Crippen LogP contribution >= 0.6 is 0 Å². The zero-order valence-corrected chi connectivity index (χ0v) is 13.1. The van der Waals surface area contributed by atoms with Gasteiger partial charge in [-0.15, -0.1) is 0 Å². The Morgan fingerprint density at radius 1 is 1.16 bits per heavy atom. The van der Waals surface area contributed by atoms with Crippen LogP contribution in [-0.2, 0) is 6.54 Å². The van der Waals surface area contributed by atoms with Gasteiger partial charge < -0.3 is 10.6 Å². The topological polar surface area (TPSA) is 32.5 Å². The molecule has 0 aliphatic rings. The van der Waals surface area contributed by atoms with E-state index < -0.39 is 0 Å². The zero-order valence-electron chi connectivity index (χ0n) is 13.1. The van der Waals surface area contributed by atoms with Crippen LogP contribution in [0.3, 0.4) is 0 Å². The van der Waals surface area contributed by atoms with Crippen molar-refractivity contribution in [2.24, 2.45) is 5.92 Å². The molecule has 1 aromatic rings. The van der Waals surface area contributed by atoms with E-state index in [1.165, 1.54) is 11.1 Å². The summed E-state index contributed by atoms with van der Waals surface area (Å²) in [7, 11) is 4.25. The van der Waals surface area contributed by atoms with Crippen molar-refractivity contribution >= 4 is 5.69 Å². The summed E-state index contributed by atoms with van der Waals surface area (Å²) in [5.74, 6) is 0.684. The fourth-order valence-electron chi connectivity index (χ4n) is 2.21. The molecule has 3 heteroatoms. The number of nitrogens with zero attached hydrogens (tertiary/aromatic N) is 2. The Hall–Kier alpha value is -1.06. The van der Waals surface area contributed by atoms with Crippen LogP contribution in [0.2, 0.25) is 0 Å². The highest BCUT2D eigenvalue weighted by molar-refractivity contribution is 5.49. The van der Waals surface area contributed by atoms with Gasteiger partial charge in [0.1, 0.15) is 0 Å². The molecule has 1 aromatic carbocycles. The number of hydrogen-bond acceptors (Lipinski definition) is 3. The highest BCUT2D eigenvalue weighted by Gasteiger charge is 2.11. The van der Waals surface area contributed by atoms with Crippen molar-refractivity contribution in [1.29, 1.82) is 0 Å². The summed E-state index contributed by atoms with van der Waals surface area (Å²) in [6.45, 7) is 11.0. The minimum absolute atomic E-state index is 0.684. The minimum atomic E-state index is 0.684. The number of nitrogens with two attached hydrogens (primary N) is 1. The Kier molecular flexibility index (Phi) is 6.32. The fraction of sp³-hybridized carbons (Fsp3) is 0.625. The van der Waals surface area contributed by atoms with Gasteiger partial charge in [-0.3, -0.25) is 4.90 Å². The molecule has 0 bridgehead atoms. The second-order valence-electron chi connectivity index (χ2n) is 6.06. The first-order chi connectivity index (χ1) is 8.90. The predicted molar refractivity (Wildman–Crippen MR) is 84.3 cm³/mol. The summed E-state index contributed by atoms with van der Waals surface area (Å²) in [6, 6.07) is 6.22. The molecule has 19 heavy (non-hydrogen) atoms. The van der Waals surface area contributed by atoms with Gasteiger partial charge in [0.15, 0.2) is 0 Å². The van der Waals surface area contributed by atoms with Crippen LogP contribution in [0, 0.1) is 12.8 Å². The van der Waals surface area contributed by atoms with E-state index in [-0.39, 0.29) is 0 Å². The van der Waals surface area contributed by atoms with Crippen molar-refractivity contribution in [3.63, 3.8) is 0 Å². The molecule has 2 N–H and O–H groups in total. The normalized spacial score (nSPS) is 11.8. The predicted octanol–water partition coefficient (Wildman–Crippen LogP) is 2.60. The molecule has 0 radical (unpaired) electrons. The second kappa shape index (κ2) is 7.51. The maximum atomic E-state index is 5.99. The smallest absolute Gasteiger partial charge is 0.0346 e. The van der Waals surface area contributed by atoms with Gasteiger partial charge in [0.25, 0.3) is 0 Å². The van der Waals surface area contributed by atoms with Gasteiger partial charge in [-0.25, -0.2) is 0 Å². The van der Waals surface area contributed by atoms with Gasteiger partial charge in [0, 0.05) is 31.9 Å². The van der Waals surface area contributed by atoms with Crippen molar-refractivity contribution < 1.29 is 0 Å². The first-order valence-corrected chi connectivity index (χ1v) is 7.11. The van der Waals surface area contributed by atoms with E-state index in [0.29, 0.717) is 5.92 Å². The highest BCUT2D eigenvalue weighted by Crippen LogP contribution is 2.17. The van der Waals surface area contributed by atoms with E-state index in [1.807, 2.05) is 6.07 Å². The van der Waals surface area contributed by atoms with Crippen LogP contribution in [0.15, 0.2) is 18.2 Å². The molecular weight excluding hydrogens is 234 g/mol. The Morgan fingerprint density at radius 3 is 2.42 bits per heavy atom. The van der Waals surface area contributed by atoms with Crippen LogP contribution in [0.5, 0.6) is 0 Å². The number of nitrogen functional groups attached to an aromatic ring is 1. The first-order valence-electron chi connectivity index (χ1n) is 7.11. The second-order valence-corrected chi connectivity index (χ2v) is 6.06. The van der Waals surface area contributed by atoms with Gasteiger partial charge in [0.2, 0.25) is 0 Å². The summed E-state index contributed by atoms with van der Waals surface area (Å²) in [5, 5.41) is 0. The Bertz CT molecular complexity index is 386. The van der Waals surface area contributed by atoms with E-state index in [0.717, 1.165) is 31.9 Å². The maximum Gasteiger partial charge on any atom is 0.0346 e. The molecule has 3 nitrogen and oxygen atoms in total. The molecule has 1 rings (SSSR count). The van der Waals surface area contributed by atoms with E-state index in [2.05, 4.69) is 56.8 Å². The molecule has 0 saturated carbocycles. The SMILES string of the molecule is Cc1c(N)cccc1CN(CCN(C)C)CC(C)C. The van der Waals surface area contributed by atoms with Crippen LogP contribution < -0.4 is 5.73 Å². The largest absolute Gasteiger partial charge is 0.399 e. The van der Waals surface area contributed by atoms with Crippen molar-refractivity contribution in [3.8, 4) is 0 Å². The molecule has 0 unspecified atom stereocenters. The minimum Gasteiger partial charge on any atom is -0.399 e. The van der Waals surface area contributed by atoms with Crippen molar-refractivity contribution in [1.82, 2.24) is 9.80 Å². The zero-order chi connectivity index (χ0) is 14.4. The van der Waals surface area contributed by atoms with Crippen LogP contribution in [0.25, 0.3) is 0 Å². The molecule has 0 aromatic heterocycles. The summed E-state index contributed by atoms with van der Waals surface area (Å²) in [5.41, 5.74) is 9.46. The van der Waals surface area contributed by atoms with Gasteiger partial charge in [-0.1, -0.05) is 26.0 Å². The molecule has 0 aliphatic heterocycles. The number of rotatable bonds is 7. The van der Waals surface area contributed by atoms with Crippen molar-refractivity contribution in [2.75, 3.05) is 39.5 Å². The molecule has 108 valence electrons. The van der Waals surface area contributed by atoms with E-state index >= 15 is 0 Å². The lowest BCUT2D eigenvalue weighted by Crippen LogP contribution is -2.34. The van der Waals surface area contributed by atoms with Gasteiger partial charge >= 0.3 is 0 Å². The molecule has 0 heterocycles. The lowest BCUT2D eigenvalue weighted by molar-refractivity contribution is 0.211. The van der Waals surface area contributed by atoms with Gasteiger partial charge in [-0.05, 0) is 44.1 Å². The number of hydrogen-bond donors (Lipinski definition) is 1. The molecule has 0 spiro atoms. The summed E-state index contributed by atoms with van der Waals surface area (Å²) < 4.78 is 0. The number of anilines is 1. The third-order valence-corrected chi connectivity index (χ3v) is 3.37. The quantitative estimate of drug-likeness (QED) is 0.768. The Labute approximate surface area is 118 Å². The van der Waals surface area contributed by atoms with Crippen LogP contribution in [0.4, 0.5) is 5.69 Å². The lowest BCUT2D eigenvalue weighted by atomic mass is 10.1. The summed E-state index contributed by atoms with van der Waals surface area (Å²) >= 11 is 0. The average molecular weight is 263 g/mol. The van der Waals surface area contributed by atoms with E-state index in [1.54, 1.807) is 0 Å². The molecular formula is C16H29N3. The first kappa shape index (κ1) is 16.0. The molecule has 0 fully saturated rings. The van der Waals surface area contributed by atoms with E-state index in [4.69, 9.17) is 5.73 Å². The van der Waals surface area contributed by atoms with Gasteiger partial charge in [-0.2, -0.15) is 0 Å². The standard InChI is InChI=1S/C16H29N3/c1-13(2)11-19(10-9-18(4)5)12-15-7-6-8-16(17)14(15)3/h6-8,13H,9-12,17H2,1-5H3. The summed E-state index contributed by atoms with van der Waals surface area (Å²) in [4.78, 5) is 4.76. The number of benzene rings is 1.